The molecule has 0 fully saturated rings. The summed E-state index contributed by atoms with van der Waals surface area (Å²) >= 11 is 0. The summed E-state index contributed by atoms with van der Waals surface area (Å²) in [6.45, 7) is 4.60. The molecule has 374 valence electrons. The van der Waals surface area contributed by atoms with E-state index in [1.165, 1.54) is 109 Å². The van der Waals surface area contributed by atoms with Crippen LogP contribution in [0.2, 0.25) is 0 Å². The van der Waals surface area contributed by atoms with Crippen molar-refractivity contribution in [2.45, 2.75) is 231 Å². The van der Waals surface area contributed by atoms with E-state index >= 15 is 0 Å². The highest BCUT2D eigenvalue weighted by Crippen LogP contribution is 2.16. The van der Waals surface area contributed by atoms with Gasteiger partial charge in [-0.1, -0.05) is 209 Å². The number of rotatable bonds is 47. The van der Waals surface area contributed by atoms with Crippen molar-refractivity contribution in [2.24, 2.45) is 0 Å². The first kappa shape index (κ1) is 61.8. The number of aliphatic carboxylic acids is 1. The number of allylic oxidation sites excluding steroid dienone is 12. The smallest absolute Gasteiger partial charge is 0.362 e. The lowest BCUT2D eigenvalue weighted by Crippen LogP contribution is -2.50. The van der Waals surface area contributed by atoms with Gasteiger partial charge in [0.25, 0.3) is 0 Å². The van der Waals surface area contributed by atoms with Crippen molar-refractivity contribution in [1.82, 2.24) is 0 Å². The summed E-state index contributed by atoms with van der Waals surface area (Å²) in [5, 5.41) is 9.66. The lowest BCUT2D eigenvalue weighted by molar-refractivity contribution is -0.887. The van der Waals surface area contributed by atoms with E-state index in [0.29, 0.717) is 25.7 Å². The minimum absolute atomic E-state index is 0.0461. The zero-order valence-corrected chi connectivity index (χ0v) is 42.7. The number of hydrogen-bond donors (Lipinski definition) is 1. The molecule has 0 saturated heterocycles. The van der Waals surface area contributed by atoms with Crippen LogP contribution in [0.1, 0.15) is 219 Å². The van der Waals surface area contributed by atoms with Gasteiger partial charge in [-0.3, -0.25) is 9.59 Å². The van der Waals surface area contributed by atoms with Crippen LogP contribution in [0, 0.1) is 0 Å². The van der Waals surface area contributed by atoms with Gasteiger partial charge < -0.3 is 23.8 Å². The van der Waals surface area contributed by atoms with E-state index in [-0.39, 0.29) is 36.2 Å². The summed E-state index contributed by atoms with van der Waals surface area (Å²) in [7, 11) is 5.52. The van der Waals surface area contributed by atoms with E-state index < -0.39 is 18.1 Å². The van der Waals surface area contributed by atoms with Crippen LogP contribution in [0.4, 0.5) is 0 Å². The first-order chi connectivity index (χ1) is 31.6. The van der Waals surface area contributed by atoms with Gasteiger partial charge in [0.05, 0.1) is 34.4 Å². The van der Waals surface area contributed by atoms with Crippen molar-refractivity contribution >= 4 is 17.9 Å². The number of carbonyl (C=O) groups excluding carboxylic acids is 2. The summed E-state index contributed by atoms with van der Waals surface area (Å²) in [5.74, 6) is -1.52. The number of carboxylic acid groups (broad SMARTS) is 1. The molecule has 0 bridgehead atoms. The Hall–Kier alpha value is -3.23. The molecule has 0 amide bonds. The molecule has 0 saturated carbocycles. The van der Waals surface area contributed by atoms with E-state index in [2.05, 4.69) is 86.8 Å². The molecule has 8 heteroatoms. The Morgan fingerprint density at radius 1 is 0.477 bits per heavy atom. The molecule has 0 aromatic carbocycles. The molecule has 2 unspecified atom stereocenters. The highest BCUT2D eigenvalue weighted by atomic mass is 16.6. The van der Waals surface area contributed by atoms with Crippen LogP contribution in [0.5, 0.6) is 0 Å². The van der Waals surface area contributed by atoms with Gasteiger partial charge in [0, 0.05) is 19.3 Å². The molecular weight excluding hydrogens is 811 g/mol. The molecule has 8 nitrogen and oxygen atoms in total. The number of hydrogen-bond acceptors (Lipinski definition) is 6. The van der Waals surface area contributed by atoms with Crippen LogP contribution in [-0.2, 0) is 28.6 Å². The Morgan fingerprint density at radius 2 is 0.862 bits per heavy atom. The minimum atomic E-state index is -0.881. The summed E-state index contributed by atoms with van der Waals surface area (Å²) in [5.41, 5.74) is 0. The average molecular weight is 911 g/mol. The molecule has 0 aliphatic rings. The van der Waals surface area contributed by atoms with E-state index in [1.54, 1.807) is 0 Å². The van der Waals surface area contributed by atoms with Crippen LogP contribution in [0.25, 0.3) is 0 Å². The van der Waals surface area contributed by atoms with Gasteiger partial charge in [-0.15, -0.1) is 0 Å². The zero-order valence-electron chi connectivity index (χ0n) is 42.7. The Kier molecular flexibility index (Phi) is 44.9. The number of likely N-dealkylation sites (N-methyl/N-ethyl adjacent to an activating group) is 1. The van der Waals surface area contributed by atoms with Crippen LogP contribution >= 0.6 is 0 Å². The second-order valence-corrected chi connectivity index (χ2v) is 18.8. The van der Waals surface area contributed by atoms with Crippen molar-refractivity contribution in [3.05, 3.63) is 72.9 Å². The van der Waals surface area contributed by atoms with Crippen LogP contribution in [0.3, 0.4) is 0 Å². The maximum Gasteiger partial charge on any atom is 0.362 e. The van der Waals surface area contributed by atoms with Crippen molar-refractivity contribution in [1.29, 1.82) is 0 Å². The minimum Gasteiger partial charge on any atom is -0.477 e. The number of quaternary nitrogens is 1. The van der Waals surface area contributed by atoms with Crippen LogP contribution in [0.15, 0.2) is 72.9 Å². The average Bonchev–Trinajstić information content (AvgIpc) is 3.27. The van der Waals surface area contributed by atoms with Gasteiger partial charge in [-0.25, -0.2) is 4.79 Å². The molecule has 0 aliphatic carbocycles. The summed E-state index contributed by atoms with van der Waals surface area (Å²) in [4.78, 5) is 37.2. The molecule has 0 rings (SSSR count). The molecule has 2 atom stereocenters. The van der Waals surface area contributed by atoms with E-state index in [1.807, 2.05) is 21.1 Å². The number of carbonyl (C=O) groups is 3. The monoisotopic (exact) mass is 911 g/mol. The quantitative estimate of drug-likeness (QED) is 0.0281. The Morgan fingerprint density at radius 3 is 1.28 bits per heavy atom. The Balaban J connectivity index is 4.30. The normalized spacial score (nSPS) is 13.4. The van der Waals surface area contributed by atoms with Crippen molar-refractivity contribution in [3.8, 4) is 0 Å². The zero-order chi connectivity index (χ0) is 47.7. The van der Waals surface area contributed by atoms with Gasteiger partial charge in [0.2, 0.25) is 0 Å². The first-order valence-electron chi connectivity index (χ1n) is 26.5. The molecular formula is C57H100NO7+. The highest BCUT2D eigenvalue weighted by molar-refractivity contribution is 5.72. The molecule has 0 radical (unpaired) electrons. The Bertz CT molecular complexity index is 1290. The fourth-order valence-corrected chi connectivity index (χ4v) is 7.57. The topological polar surface area (TPSA) is 99.1 Å². The third kappa shape index (κ3) is 45.7. The summed E-state index contributed by atoms with van der Waals surface area (Å²) < 4.78 is 17.3. The molecule has 0 aliphatic heterocycles. The van der Waals surface area contributed by atoms with Gasteiger partial charge in [0.15, 0.2) is 12.1 Å². The van der Waals surface area contributed by atoms with Gasteiger partial charge in [-0.2, -0.15) is 0 Å². The number of esters is 2. The standard InChI is InChI=1S/C57H99NO7/c1-6-8-10-12-14-16-18-20-22-24-26-28-30-31-33-35-37-39-41-43-45-47-55(59)64-52-53(51-63-50-49-54(57(61)62)58(3,4)5)65-56(60)48-46-44-42-40-38-36-34-32-29-27-25-23-21-19-17-15-13-11-9-7-2/h8,10,14,16,20,22,26,28,31,33,37,39,53-54H,6-7,9,11-13,15,17-19,21,23-25,27,29-30,32,34-36,38,40-52H2,1-5H3/p+1/b10-8+,16-14+,22-20+,28-26+,33-31+,39-37+. The maximum absolute atomic E-state index is 12.8. The third-order valence-electron chi connectivity index (χ3n) is 11.6. The molecule has 0 aromatic heterocycles. The molecule has 0 heterocycles. The highest BCUT2D eigenvalue weighted by Gasteiger charge is 2.31. The second kappa shape index (κ2) is 47.3. The predicted molar refractivity (Wildman–Crippen MR) is 275 cm³/mol. The SMILES string of the molecule is CC/C=C/C/C=C/C/C=C/C/C=C/C/C=C/C/C=C/CCCCC(=O)OCC(COCCC(C(=O)O)[N+](C)(C)C)OC(=O)CCCCCCCCCCCCCCCCCCCCCC. The number of carboxylic acids is 1. The van der Waals surface area contributed by atoms with Crippen LogP contribution < -0.4 is 0 Å². The fourth-order valence-electron chi connectivity index (χ4n) is 7.57. The lowest BCUT2D eigenvalue weighted by Gasteiger charge is -2.31. The molecule has 65 heavy (non-hydrogen) atoms. The van der Waals surface area contributed by atoms with E-state index in [9.17, 15) is 19.5 Å². The van der Waals surface area contributed by atoms with E-state index in [4.69, 9.17) is 14.2 Å². The lowest BCUT2D eigenvalue weighted by atomic mass is 10.0. The maximum atomic E-state index is 12.8. The van der Waals surface area contributed by atoms with Crippen molar-refractivity contribution in [3.63, 3.8) is 0 Å². The summed E-state index contributed by atoms with van der Waals surface area (Å²) in [6, 6.07) is -0.624. The molecule has 0 spiro atoms. The predicted octanol–water partition coefficient (Wildman–Crippen LogP) is 15.5. The summed E-state index contributed by atoms with van der Waals surface area (Å²) in [6.07, 6.45) is 61.0. The number of unbranched alkanes of at least 4 members (excludes halogenated alkanes) is 21. The van der Waals surface area contributed by atoms with Crippen molar-refractivity contribution in [2.75, 3.05) is 41.0 Å². The first-order valence-corrected chi connectivity index (χ1v) is 26.5. The third-order valence-corrected chi connectivity index (χ3v) is 11.6. The van der Waals surface area contributed by atoms with Crippen molar-refractivity contribution < 1.29 is 38.2 Å². The Labute approximate surface area is 400 Å². The van der Waals surface area contributed by atoms with Gasteiger partial charge in [-0.05, 0) is 64.2 Å². The largest absolute Gasteiger partial charge is 0.477 e. The molecule has 0 aromatic rings. The van der Waals surface area contributed by atoms with Crippen LogP contribution in [-0.4, -0.2) is 80.6 Å². The number of nitrogens with zero attached hydrogens (tertiary/aromatic N) is 1. The number of ether oxygens (including phenoxy) is 3. The van der Waals surface area contributed by atoms with E-state index in [0.717, 1.165) is 70.6 Å². The molecule has 1 N–H and O–H groups in total. The fraction of sp³-hybridized carbons (Fsp3) is 0.737. The second-order valence-electron chi connectivity index (χ2n) is 18.8. The van der Waals surface area contributed by atoms with Gasteiger partial charge >= 0.3 is 17.9 Å². The van der Waals surface area contributed by atoms with Gasteiger partial charge in [0.1, 0.15) is 6.61 Å².